The Hall–Kier alpha value is -1.34. The van der Waals surface area contributed by atoms with Gasteiger partial charge in [-0.3, -0.25) is 9.59 Å². The molecule has 1 aliphatic carbocycles. The average molecular weight is 268 g/mol. The van der Waals surface area contributed by atoms with Crippen LogP contribution in [-0.2, 0) is 4.79 Å². The van der Waals surface area contributed by atoms with Crippen molar-refractivity contribution in [3.63, 3.8) is 0 Å². The summed E-state index contributed by atoms with van der Waals surface area (Å²) in [5.41, 5.74) is 10.2. The van der Waals surface area contributed by atoms with Gasteiger partial charge in [-0.15, -0.1) is 0 Å². The summed E-state index contributed by atoms with van der Waals surface area (Å²) in [4.78, 5) is 29.2. The third-order valence-electron chi connectivity index (χ3n) is 3.16. The lowest BCUT2D eigenvalue weighted by molar-refractivity contribution is -0.124. The molecular weight excluding hydrogens is 252 g/mol. The van der Waals surface area contributed by atoms with E-state index in [9.17, 15) is 9.59 Å². The molecule has 1 aromatic rings. The fourth-order valence-electron chi connectivity index (χ4n) is 2.15. The van der Waals surface area contributed by atoms with Crippen LogP contribution >= 0.6 is 11.8 Å². The Morgan fingerprint density at radius 1 is 1.61 bits per heavy atom. The highest BCUT2D eigenvalue weighted by molar-refractivity contribution is 7.99. The molecule has 5 N–H and O–H groups in total. The molecule has 2 rings (SSSR count). The molecule has 0 saturated heterocycles. The summed E-state index contributed by atoms with van der Waals surface area (Å²) >= 11 is 1.44. The summed E-state index contributed by atoms with van der Waals surface area (Å²) in [6, 6.07) is 1.36. The van der Waals surface area contributed by atoms with E-state index in [1.54, 1.807) is 0 Å². The molecule has 2 unspecified atom stereocenters. The first-order chi connectivity index (χ1) is 8.49. The van der Waals surface area contributed by atoms with Gasteiger partial charge in [0.25, 0.3) is 5.56 Å². The zero-order valence-electron chi connectivity index (χ0n) is 9.89. The number of hydrogen-bond acceptors (Lipinski definition) is 5. The molecule has 1 aliphatic rings. The Bertz CT molecular complexity index is 504. The number of aromatic amines is 1. The Morgan fingerprint density at radius 2 is 2.39 bits per heavy atom. The van der Waals surface area contributed by atoms with Crippen LogP contribution in [0.2, 0.25) is 0 Å². The van der Waals surface area contributed by atoms with Crippen LogP contribution in [0.15, 0.2) is 22.2 Å². The predicted molar refractivity (Wildman–Crippen MR) is 69.1 cm³/mol. The highest BCUT2D eigenvalue weighted by atomic mass is 32.2. The minimum absolute atomic E-state index is 0.154. The topological polar surface area (TPSA) is 115 Å². The monoisotopic (exact) mass is 268 g/mol. The fraction of sp³-hybridized carbons (Fsp3) is 0.545. The van der Waals surface area contributed by atoms with Crippen LogP contribution in [0.25, 0.3) is 0 Å². The van der Waals surface area contributed by atoms with Crippen molar-refractivity contribution >= 4 is 17.7 Å². The third kappa shape index (κ3) is 2.91. The standard InChI is InChI=1S/C11H16N4O2S/c12-9(17)11(13)4-1-2-7(6-11)18-10-14-5-3-8(16)15-10/h3,5,7H,1-2,4,6,13H2,(H2,12,17)(H,14,15,16). The van der Waals surface area contributed by atoms with Gasteiger partial charge in [0.15, 0.2) is 5.16 Å². The molecule has 7 heteroatoms. The van der Waals surface area contributed by atoms with E-state index in [1.807, 2.05) is 0 Å². The first-order valence-corrected chi connectivity index (χ1v) is 6.68. The van der Waals surface area contributed by atoms with Gasteiger partial charge in [-0.2, -0.15) is 0 Å². The average Bonchev–Trinajstić information content (AvgIpc) is 2.29. The Labute approximate surface area is 109 Å². The van der Waals surface area contributed by atoms with Crippen molar-refractivity contribution in [1.82, 2.24) is 9.97 Å². The summed E-state index contributed by atoms with van der Waals surface area (Å²) in [6.45, 7) is 0. The van der Waals surface area contributed by atoms with Gasteiger partial charge in [0.1, 0.15) is 0 Å². The number of primary amides is 1. The molecule has 1 aromatic heterocycles. The molecule has 2 atom stereocenters. The summed E-state index contributed by atoms with van der Waals surface area (Å²) in [7, 11) is 0. The van der Waals surface area contributed by atoms with Gasteiger partial charge in [-0.25, -0.2) is 4.98 Å². The molecule has 0 aromatic carbocycles. The first kappa shape index (κ1) is 13.1. The minimum Gasteiger partial charge on any atom is -0.368 e. The number of nitrogens with zero attached hydrogens (tertiary/aromatic N) is 1. The maximum absolute atomic E-state index is 11.3. The molecule has 0 aliphatic heterocycles. The van der Waals surface area contributed by atoms with Crippen LogP contribution in [0.3, 0.4) is 0 Å². The number of carbonyl (C=O) groups excluding carboxylic acids is 1. The summed E-state index contributed by atoms with van der Waals surface area (Å²) in [5, 5.41) is 0.711. The van der Waals surface area contributed by atoms with Crippen molar-refractivity contribution < 1.29 is 4.79 Å². The largest absolute Gasteiger partial charge is 0.368 e. The van der Waals surface area contributed by atoms with E-state index in [1.165, 1.54) is 24.0 Å². The van der Waals surface area contributed by atoms with Gasteiger partial charge in [0.05, 0.1) is 5.54 Å². The number of H-pyrrole nitrogens is 1. The summed E-state index contributed by atoms with van der Waals surface area (Å²) in [5.74, 6) is -0.456. The van der Waals surface area contributed by atoms with E-state index in [2.05, 4.69) is 9.97 Å². The van der Waals surface area contributed by atoms with Crippen molar-refractivity contribution in [3.05, 3.63) is 22.6 Å². The van der Waals surface area contributed by atoms with Crippen molar-refractivity contribution in [2.75, 3.05) is 0 Å². The zero-order valence-corrected chi connectivity index (χ0v) is 10.7. The fourth-order valence-corrected chi connectivity index (χ4v) is 3.41. The second-order valence-corrected chi connectivity index (χ2v) is 5.88. The number of aromatic nitrogens is 2. The first-order valence-electron chi connectivity index (χ1n) is 5.80. The van der Waals surface area contributed by atoms with Crippen molar-refractivity contribution in [3.8, 4) is 0 Å². The van der Waals surface area contributed by atoms with Gasteiger partial charge in [-0.1, -0.05) is 11.8 Å². The quantitative estimate of drug-likeness (QED) is 0.667. The molecule has 1 heterocycles. The number of amides is 1. The van der Waals surface area contributed by atoms with Gasteiger partial charge in [-0.05, 0) is 25.7 Å². The number of nitrogens with one attached hydrogen (secondary N) is 1. The molecule has 18 heavy (non-hydrogen) atoms. The van der Waals surface area contributed by atoms with E-state index in [0.29, 0.717) is 18.0 Å². The Morgan fingerprint density at radius 3 is 3.06 bits per heavy atom. The Kier molecular flexibility index (Phi) is 3.72. The van der Waals surface area contributed by atoms with Crippen LogP contribution in [-0.4, -0.2) is 26.7 Å². The maximum Gasteiger partial charge on any atom is 0.251 e. The molecule has 98 valence electrons. The number of carbonyl (C=O) groups is 1. The summed E-state index contributed by atoms with van der Waals surface area (Å²) < 4.78 is 0. The van der Waals surface area contributed by atoms with Crippen LogP contribution in [0.4, 0.5) is 0 Å². The van der Waals surface area contributed by atoms with E-state index in [4.69, 9.17) is 11.5 Å². The molecular formula is C11H16N4O2S. The van der Waals surface area contributed by atoms with Crippen molar-refractivity contribution in [2.24, 2.45) is 11.5 Å². The Balaban J connectivity index is 2.06. The van der Waals surface area contributed by atoms with Crippen molar-refractivity contribution in [1.29, 1.82) is 0 Å². The normalized spacial score (nSPS) is 27.9. The van der Waals surface area contributed by atoms with Gasteiger partial charge < -0.3 is 16.5 Å². The maximum atomic E-state index is 11.3. The van der Waals surface area contributed by atoms with Gasteiger partial charge in [0.2, 0.25) is 5.91 Å². The smallest absolute Gasteiger partial charge is 0.251 e. The molecule has 1 amide bonds. The molecule has 0 spiro atoms. The molecule has 6 nitrogen and oxygen atoms in total. The van der Waals surface area contributed by atoms with E-state index < -0.39 is 11.4 Å². The highest BCUT2D eigenvalue weighted by Crippen LogP contribution is 2.35. The predicted octanol–water partition coefficient (Wildman–Crippen LogP) is -0.0126. The van der Waals surface area contributed by atoms with E-state index in [0.717, 1.165) is 12.8 Å². The third-order valence-corrected chi connectivity index (χ3v) is 4.32. The lowest BCUT2D eigenvalue weighted by atomic mass is 9.82. The highest BCUT2D eigenvalue weighted by Gasteiger charge is 2.38. The van der Waals surface area contributed by atoms with Crippen LogP contribution < -0.4 is 17.0 Å². The summed E-state index contributed by atoms with van der Waals surface area (Å²) in [6.07, 6.45) is 4.40. The molecule has 0 bridgehead atoms. The second-order valence-electron chi connectivity index (χ2n) is 4.60. The van der Waals surface area contributed by atoms with Crippen LogP contribution in [0.5, 0.6) is 0 Å². The van der Waals surface area contributed by atoms with Gasteiger partial charge >= 0.3 is 0 Å². The lowest BCUT2D eigenvalue weighted by Gasteiger charge is -2.34. The lowest BCUT2D eigenvalue weighted by Crippen LogP contribution is -2.55. The zero-order chi connectivity index (χ0) is 13.2. The van der Waals surface area contributed by atoms with E-state index in [-0.39, 0.29) is 10.8 Å². The number of nitrogens with two attached hydrogens (primary N) is 2. The molecule has 1 saturated carbocycles. The SMILES string of the molecule is NC(=O)C1(N)CCCC(Sc2nccc(=O)[nH]2)C1. The van der Waals surface area contributed by atoms with Crippen molar-refractivity contribution in [2.45, 2.75) is 41.6 Å². The van der Waals surface area contributed by atoms with E-state index >= 15 is 0 Å². The molecule has 0 radical (unpaired) electrons. The number of thioether (sulfide) groups is 1. The minimum atomic E-state index is -0.926. The number of hydrogen-bond donors (Lipinski definition) is 3. The molecule has 1 fully saturated rings. The van der Waals surface area contributed by atoms with Gasteiger partial charge in [0, 0.05) is 17.5 Å². The number of rotatable bonds is 3. The van der Waals surface area contributed by atoms with Crippen LogP contribution in [0, 0.1) is 0 Å². The second kappa shape index (κ2) is 5.11. The van der Waals surface area contributed by atoms with Crippen LogP contribution in [0.1, 0.15) is 25.7 Å².